The predicted molar refractivity (Wildman–Crippen MR) is 123 cm³/mol. The number of anilines is 1. The number of rotatable bonds is 3. The predicted octanol–water partition coefficient (Wildman–Crippen LogP) is 6.72. The highest BCUT2D eigenvalue weighted by Gasteiger charge is 2.47. The molecule has 1 aliphatic carbocycles. The van der Waals surface area contributed by atoms with E-state index in [1.165, 1.54) is 4.90 Å². The molecular weight excluding hydrogens is 481 g/mol. The SMILES string of the molecule is COc1cc(C(=O)N2c3cc(F)c(F)cc3-c3c(cnn3C(C)(C)C)C2C2CC2)ccc1C(F)(F)F. The molecule has 2 aliphatic rings. The summed E-state index contributed by atoms with van der Waals surface area (Å²) in [6, 6.07) is 4.38. The van der Waals surface area contributed by atoms with Crippen LogP contribution in [0, 0.1) is 17.6 Å². The van der Waals surface area contributed by atoms with Crippen LogP contribution in [-0.4, -0.2) is 22.8 Å². The molecule has 2 aromatic carbocycles. The molecule has 0 saturated heterocycles. The maximum absolute atomic E-state index is 14.5. The van der Waals surface area contributed by atoms with Crippen LogP contribution in [-0.2, 0) is 11.7 Å². The Hall–Kier alpha value is -3.43. The first kappa shape index (κ1) is 24.3. The Morgan fingerprint density at radius 1 is 1.06 bits per heavy atom. The third-order valence-electron chi connectivity index (χ3n) is 6.62. The Morgan fingerprint density at radius 2 is 1.72 bits per heavy atom. The number of fused-ring (bicyclic) bond motifs is 3. The summed E-state index contributed by atoms with van der Waals surface area (Å²) >= 11 is 0. The molecule has 2 heterocycles. The Balaban J connectivity index is 1.72. The maximum atomic E-state index is 14.5. The van der Waals surface area contributed by atoms with Gasteiger partial charge in [0.25, 0.3) is 5.91 Å². The molecule has 1 atom stereocenters. The summed E-state index contributed by atoms with van der Waals surface area (Å²) in [6.07, 6.45) is -1.41. The van der Waals surface area contributed by atoms with Crippen LogP contribution in [0.4, 0.5) is 27.6 Å². The number of nitrogens with zero attached hydrogens (tertiary/aromatic N) is 3. The molecule has 0 N–H and O–H groups in total. The van der Waals surface area contributed by atoms with Crippen molar-refractivity contribution in [1.29, 1.82) is 0 Å². The second-order valence-corrected chi connectivity index (χ2v) is 10.2. The Kier molecular flexibility index (Phi) is 5.42. The molecule has 1 saturated carbocycles. The van der Waals surface area contributed by atoms with Gasteiger partial charge in [-0.1, -0.05) is 0 Å². The average Bonchev–Trinajstić information content (AvgIpc) is 3.53. The van der Waals surface area contributed by atoms with Gasteiger partial charge < -0.3 is 4.74 Å². The number of ether oxygens (including phenoxy) is 1. The van der Waals surface area contributed by atoms with E-state index in [-0.39, 0.29) is 17.2 Å². The number of carbonyl (C=O) groups is 1. The molecule has 1 fully saturated rings. The zero-order valence-corrected chi connectivity index (χ0v) is 20.1. The minimum atomic E-state index is -4.67. The molecule has 5 nitrogen and oxygen atoms in total. The first-order chi connectivity index (χ1) is 16.8. The summed E-state index contributed by atoms with van der Waals surface area (Å²) in [5.41, 5.74) is 0.166. The van der Waals surface area contributed by atoms with Gasteiger partial charge in [-0.05, 0) is 63.8 Å². The van der Waals surface area contributed by atoms with E-state index in [1.807, 2.05) is 20.8 Å². The minimum absolute atomic E-state index is 0.0444. The molecule has 5 rings (SSSR count). The third kappa shape index (κ3) is 3.83. The fourth-order valence-corrected chi connectivity index (χ4v) is 4.88. The zero-order valence-electron chi connectivity index (χ0n) is 20.1. The molecule has 3 aromatic rings. The summed E-state index contributed by atoms with van der Waals surface area (Å²) in [4.78, 5) is 15.3. The van der Waals surface area contributed by atoms with Crippen LogP contribution in [0.1, 0.15) is 61.1 Å². The van der Waals surface area contributed by atoms with Crippen LogP contribution in [0.3, 0.4) is 0 Å². The van der Waals surface area contributed by atoms with Crippen molar-refractivity contribution in [2.45, 2.75) is 51.4 Å². The normalized spacial score (nSPS) is 17.6. The molecule has 0 radical (unpaired) electrons. The summed E-state index contributed by atoms with van der Waals surface area (Å²) in [7, 11) is 1.09. The van der Waals surface area contributed by atoms with Gasteiger partial charge in [0.1, 0.15) is 5.75 Å². The van der Waals surface area contributed by atoms with Crippen molar-refractivity contribution in [3.05, 3.63) is 64.9 Å². The fraction of sp³-hybridized carbons (Fsp3) is 0.385. The van der Waals surface area contributed by atoms with E-state index >= 15 is 0 Å². The van der Waals surface area contributed by atoms with Gasteiger partial charge in [-0.25, -0.2) is 8.78 Å². The van der Waals surface area contributed by atoms with Gasteiger partial charge in [0.15, 0.2) is 11.6 Å². The lowest BCUT2D eigenvalue weighted by Gasteiger charge is -2.39. The average molecular weight is 505 g/mol. The third-order valence-corrected chi connectivity index (χ3v) is 6.62. The van der Waals surface area contributed by atoms with E-state index in [9.17, 15) is 26.7 Å². The number of hydrogen-bond acceptors (Lipinski definition) is 3. The van der Waals surface area contributed by atoms with Crippen LogP contribution < -0.4 is 9.64 Å². The molecule has 1 aliphatic heterocycles. The molecule has 36 heavy (non-hydrogen) atoms. The van der Waals surface area contributed by atoms with Crippen molar-refractivity contribution in [3.63, 3.8) is 0 Å². The standard InChI is InChI=1S/C26H24F5N3O2/c1-25(2,3)34-23-15-10-18(27)19(28)11-20(15)33(22(13-5-6-13)16(23)12-32-34)24(35)14-7-8-17(26(29,30)31)21(9-14)36-4/h7-13,22H,5-6H2,1-4H3. The molecule has 190 valence electrons. The Morgan fingerprint density at radius 3 is 2.31 bits per heavy atom. The lowest BCUT2D eigenvalue weighted by atomic mass is 9.89. The maximum Gasteiger partial charge on any atom is 0.419 e. The van der Waals surface area contributed by atoms with Crippen molar-refractivity contribution in [2.75, 3.05) is 12.0 Å². The number of alkyl halides is 3. The van der Waals surface area contributed by atoms with Gasteiger partial charge in [0.2, 0.25) is 0 Å². The number of carbonyl (C=O) groups excluding carboxylic acids is 1. The lowest BCUT2D eigenvalue weighted by Crippen LogP contribution is -2.39. The van der Waals surface area contributed by atoms with Gasteiger partial charge in [-0.3, -0.25) is 14.4 Å². The van der Waals surface area contributed by atoms with Gasteiger partial charge in [-0.2, -0.15) is 18.3 Å². The van der Waals surface area contributed by atoms with E-state index in [0.717, 1.165) is 50.3 Å². The lowest BCUT2D eigenvalue weighted by molar-refractivity contribution is -0.138. The van der Waals surface area contributed by atoms with Crippen LogP contribution in [0.5, 0.6) is 5.75 Å². The number of aromatic nitrogens is 2. The Labute approximate surface area is 204 Å². The highest BCUT2D eigenvalue weighted by atomic mass is 19.4. The van der Waals surface area contributed by atoms with Crippen molar-refractivity contribution in [3.8, 4) is 17.0 Å². The van der Waals surface area contributed by atoms with Crippen LogP contribution in [0.25, 0.3) is 11.3 Å². The summed E-state index contributed by atoms with van der Waals surface area (Å²) in [6.45, 7) is 5.79. The van der Waals surface area contributed by atoms with Crippen molar-refractivity contribution in [2.24, 2.45) is 5.92 Å². The highest BCUT2D eigenvalue weighted by molar-refractivity contribution is 6.10. The molecule has 1 amide bonds. The molecule has 1 aromatic heterocycles. The highest BCUT2D eigenvalue weighted by Crippen LogP contribution is 2.55. The molecule has 10 heteroatoms. The fourth-order valence-electron chi connectivity index (χ4n) is 4.88. The van der Waals surface area contributed by atoms with Crippen LogP contribution in [0.2, 0.25) is 0 Å². The minimum Gasteiger partial charge on any atom is -0.496 e. The second-order valence-electron chi connectivity index (χ2n) is 10.2. The first-order valence-electron chi connectivity index (χ1n) is 11.5. The molecule has 0 bridgehead atoms. The number of amides is 1. The molecule has 0 spiro atoms. The van der Waals surface area contributed by atoms with Crippen molar-refractivity contribution >= 4 is 11.6 Å². The van der Waals surface area contributed by atoms with E-state index in [0.29, 0.717) is 16.8 Å². The summed E-state index contributed by atoms with van der Waals surface area (Å²) in [5, 5.41) is 4.53. The summed E-state index contributed by atoms with van der Waals surface area (Å²) < 4.78 is 75.8. The molecule has 1 unspecified atom stereocenters. The molecular formula is C26H24F5N3O2. The van der Waals surface area contributed by atoms with Crippen LogP contribution in [0.15, 0.2) is 36.5 Å². The van der Waals surface area contributed by atoms with E-state index in [1.54, 1.807) is 10.9 Å². The van der Waals surface area contributed by atoms with Gasteiger partial charge >= 0.3 is 6.18 Å². The van der Waals surface area contributed by atoms with Crippen molar-refractivity contribution < 1.29 is 31.5 Å². The smallest absolute Gasteiger partial charge is 0.419 e. The quantitative estimate of drug-likeness (QED) is 0.371. The first-order valence-corrected chi connectivity index (χ1v) is 11.5. The monoisotopic (exact) mass is 505 g/mol. The zero-order chi connectivity index (χ0) is 26.2. The topological polar surface area (TPSA) is 47.4 Å². The number of methoxy groups -OCH3 is 1. The van der Waals surface area contributed by atoms with Crippen molar-refractivity contribution in [1.82, 2.24) is 9.78 Å². The number of benzene rings is 2. The van der Waals surface area contributed by atoms with E-state index in [4.69, 9.17) is 4.74 Å². The van der Waals surface area contributed by atoms with E-state index in [2.05, 4.69) is 5.10 Å². The number of halogens is 5. The second kappa shape index (κ2) is 8.04. The van der Waals surface area contributed by atoms with E-state index < -0.39 is 46.6 Å². The Bertz CT molecular complexity index is 1370. The van der Waals surface area contributed by atoms with Gasteiger partial charge in [0, 0.05) is 22.8 Å². The van der Waals surface area contributed by atoms with Gasteiger partial charge in [-0.15, -0.1) is 0 Å². The van der Waals surface area contributed by atoms with Crippen LogP contribution >= 0.6 is 0 Å². The van der Waals surface area contributed by atoms with Gasteiger partial charge in [0.05, 0.1) is 41.8 Å². The largest absolute Gasteiger partial charge is 0.496 e. The number of hydrogen-bond donors (Lipinski definition) is 0. The summed E-state index contributed by atoms with van der Waals surface area (Å²) in [5.74, 6) is -3.30.